The van der Waals surface area contributed by atoms with Gasteiger partial charge in [-0.3, -0.25) is 4.98 Å². The smallest absolute Gasteiger partial charge is 0.345 e. The van der Waals surface area contributed by atoms with Gasteiger partial charge in [-0.1, -0.05) is 13.8 Å². The summed E-state index contributed by atoms with van der Waals surface area (Å²) in [5, 5.41) is 23.4. The van der Waals surface area contributed by atoms with Crippen molar-refractivity contribution in [2.45, 2.75) is 83.6 Å². The molecular weight excluding hydrogens is 462 g/mol. The maximum Gasteiger partial charge on any atom is 0.345 e. The van der Waals surface area contributed by atoms with Crippen molar-refractivity contribution >= 4 is 0 Å². The minimum absolute atomic E-state index is 0.00516. The van der Waals surface area contributed by atoms with Crippen LogP contribution in [0.15, 0.2) is 39.8 Å². The molecule has 4 aliphatic rings. The molecule has 1 saturated heterocycles. The molecule has 0 bridgehead atoms. The van der Waals surface area contributed by atoms with E-state index in [-0.39, 0.29) is 28.7 Å². The van der Waals surface area contributed by atoms with Gasteiger partial charge in [0.05, 0.1) is 24.9 Å². The van der Waals surface area contributed by atoms with Crippen LogP contribution in [0.3, 0.4) is 0 Å². The van der Waals surface area contributed by atoms with E-state index in [0.29, 0.717) is 24.4 Å². The number of aliphatic hydroxyl groups is 2. The average Bonchev–Trinajstić information content (AvgIpc) is 2.81. The second-order valence-electron chi connectivity index (χ2n) is 12.3. The Labute approximate surface area is 210 Å². The van der Waals surface area contributed by atoms with E-state index in [4.69, 9.17) is 18.6 Å². The SMILES string of the molecule is CC1(C)OC[C@@]2(C)C3C[C@H](O)[C@@]4(C)Oc5cc(-c6cccnc6)oc(=O)c5[C@H](O)C4[C@@]3(C)CC[C@@H]2O1. The van der Waals surface area contributed by atoms with Gasteiger partial charge in [0.1, 0.15) is 22.7 Å². The zero-order valence-corrected chi connectivity index (χ0v) is 21.5. The first-order chi connectivity index (χ1) is 16.9. The van der Waals surface area contributed by atoms with Crippen molar-refractivity contribution in [2.75, 3.05) is 6.61 Å². The fourth-order valence-electron chi connectivity index (χ4n) is 7.94. The number of aromatic nitrogens is 1. The highest BCUT2D eigenvalue weighted by molar-refractivity contribution is 5.59. The Morgan fingerprint density at radius 2 is 1.89 bits per heavy atom. The highest BCUT2D eigenvalue weighted by atomic mass is 16.7. The normalized spacial score (nSPS) is 42.8. The Morgan fingerprint density at radius 3 is 2.61 bits per heavy atom. The molecule has 2 aromatic heterocycles. The quantitative estimate of drug-likeness (QED) is 0.611. The van der Waals surface area contributed by atoms with Gasteiger partial charge in [-0.05, 0) is 63.5 Å². The molecule has 2 unspecified atom stereocenters. The van der Waals surface area contributed by atoms with Crippen LogP contribution >= 0.6 is 0 Å². The van der Waals surface area contributed by atoms with Crippen molar-refractivity contribution in [3.63, 3.8) is 0 Å². The number of ether oxygens (including phenoxy) is 3. The van der Waals surface area contributed by atoms with Gasteiger partial charge in [0.25, 0.3) is 0 Å². The Bertz CT molecular complexity index is 1240. The van der Waals surface area contributed by atoms with Gasteiger partial charge in [-0.15, -0.1) is 0 Å². The van der Waals surface area contributed by atoms with Gasteiger partial charge in [0, 0.05) is 35.4 Å². The molecule has 2 aromatic rings. The van der Waals surface area contributed by atoms with Gasteiger partial charge >= 0.3 is 5.63 Å². The van der Waals surface area contributed by atoms with Crippen molar-refractivity contribution in [1.82, 2.24) is 4.98 Å². The van der Waals surface area contributed by atoms with Gasteiger partial charge in [0.2, 0.25) is 0 Å². The zero-order valence-electron chi connectivity index (χ0n) is 21.5. The number of fused-ring (bicyclic) bond motifs is 6. The molecule has 8 heteroatoms. The summed E-state index contributed by atoms with van der Waals surface area (Å²) in [7, 11) is 0. The second kappa shape index (κ2) is 7.63. The Balaban J connectivity index is 1.44. The van der Waals surface area contributed by atoms with E-state index >= 15 is 0 Å². The lowest BCUT2D eigenvalue weighted by molar-refractivity contribution is -0.358. The van der Waals surface area contributed by atoms with Crippen LogP contribution in [0.4, 0.5) is 0 Å². The number of pyridine rings is 1. The Hall–Kier alpha value is -2.26. The zero-order chi connectivity index (χ0) is 25.7. The first-order valence-electron chi connectivity index (χ1n) is 12.8. The van der Waals surface area contributed by atoms with Gasteiger partial charge in [-0.25, -0.2) is 4.79 Å². The predicted molar refractivity (Wildman–Crippen MR) is 130 cm³/mol. The molecule has 2 aliphatic heterocycles. The molecule has 3 fully saturated rings. The van der Waals surface area contributed by atoms with Crippen LogP contribution in [0.2, 0.25) is 0 Å². The number of rotatable bonds is 1. The van der Waals surface area contributed by atoms with Crippen molar-refractivity contribution in [2.24, 2.45) is 22.7 Å². The largest absolute Gasteiger partial charge is 0.484 e. The van der Waals surface area contributed by atoms with E-state index in [9.17, 15) is 15.0 Å². The molecule has 8 atom stereocenters. The van der Waals surface area contributed by atoms with Crippen molar-refractivity contribution < 1.29 is 28.8 Å². The monoisotopic (exact) mass is 497 g/mol. The van der Waals surface area contributed by atoms with Crippen LogP contribution < -0.4 is 10.4 Å². The van der Waals surface area contributed by atoms with Gasteiger partial charge in [0.15, 0.2) is 5.79 Å². The molecular formula is C28H35NO7. The molecule has 0 aromatic carbocycles. The molecule has 2 saturated carbocycles. The highest BCUT2D eigenvalue weighted by Gasteiger charge is 2.70. The Kier molecular flexibility index (Phi) is 5.11. The fourth-order valence-corrected chi connectivity index (χ4v) is 7.94. The average molecular weight is 498 g/mol. The standard InChI is InChI=1S/C28H35NO7/c1-25(2)33-14-27(4)18-12-19(30)28(5)23(26(18,3)9-8-20(27)36-25)22(31)21-17(35-28)11-16(34-24(21)32)15-7-6-10-29-13-15/h6-7,10-11,13,18-20,22-23,30-31H,8-9,12,14H2,1-5H3/t18?,19-,20-,22-,23?,26-,27-,28+/m0/s1. The number of hydrogen-bond acceptors (Lipinski definition) is 8. The summed E-state index contributed by atoms with van der Waals surface area (Å²) in [6, 6.07) is 5.17. The van der Waals surface area contributed by atoms with E-state index in [1.54, 1.807) is 30.6 Å². The lowest BCUT2D eigenvalue weighted by Gasteiger charge is -2.68. The predicted octanol–water partition coefficient (Wildman–Crippen LogP) is 3.84. The molecule has 0 spiro atoms. The van der Waals surface area contributed by atoms with Crippen LogP contribution in [0, 0.1) is 22.7 Å². The van der Waals surface area contributed by atoms with Crippen LogP contribution in [0.1, 0.15) is 65.5 Å². The number of hydrogen-bond donors (Lipinski definition) is 2. The summed E-state index contributed by atoms with van der Waals surface area (Å²) in [5.41, 5.74) is -1.75. The summed E-state index contributed by atoms with van der Waals surface area (Å²) in [6.45, 7) is 10.6. The second-order valence-corrected chi connectivity index (χ2v) is 12.3. The van der Waals surface area contributed by atoms with E-state index in [2.05, 4.69) is 18.8 Å². The summed E-state index contributed by atoms with van der Waals surface area (Å²) < 4.78 is 24.6. The molecule has 0 radical (unpaired) electrons. The Morgan fingerprint density at radius 1 is 1.11 bits per heavy atom. The van der Waals surface area contributed by atoms with Gasteiger partial charge < -0.3 is 28.8 Å². The molecule has 4 heterocycles. The topological polar surface area (TPSA) is 111 Å². The van der Waals surface area contributed by atoms with Gasteiger partial charge in [-0.2, -0.15) is 0 Å². The van der Waals surface area contributed by atoms with E-state index < -0.39 is 40.6 Å². The maximum atomic E-state index is 13.2. The number of aliphatic hydroxyl groups excluding tert-OH is 2. The lowest BCUT2D eigenvalue weighted by Crippen LogP contribution is -2.72. The van der Waals surface area contributed by atoms with E-state index in [1.165, 1.54) is 0 Å². The van der Waals surface area contributed by atoms with Crippen molar-refractivity contribution in [1.29, 1.82) is 0 Å². The minimum atomic E-state index is -1.15. The van der Waals surface area contributed by atoms with Crippen LogP contribution in [-0.4, -0.2) is 45.4 Å². The molecule has 2 N–H and O–H groups in total. The van der Waals surface area contributed by atoms with Crippen molar-refractivity contribution in [3.8, 4) is 17.1 Å². The minimum Gasteiger partial charge on any atom is -0.484 e. The summed E-state index contributed by atoms with van der Waals surface area (Å²) in [4.78, 5) is 17.3. The summed E-state index contributed by atoms with van der Waals surface area (Å²) >= 11 is 0. The fraction of sp³-hybridized carbons (Fsp3) is 0.643. The first-order valence-corrected chi connectivity index (χ1v) is 12.8. The lowest BCUT2D eigenvalue weighted by atomic mass is 9.42. The third-order valence-corrected chi connectivity index (χ3v) is 9.72. The molecule has 0 amide bonds. The third-order valence-electron chi connectivity index (χ3n) is 9.72. The highest BCUT2D eigenvalue weighted by Crippen LogP contribution is 2.67. The molecule has 6 rings (SSSR count). The molecule has 194 valence electrons. The van der Waals surface area contributed by atoms with Crippen molar-refractivity contribution in [3.05, 3.63) is 46.6 Å². The summed E-state index contributed by atoms with van der Waals surface area (Å²) in [6.07, 6.45) is 3.28. The molecule has 36 heavy (non-hydrogen) atoms. The van der Waals surface area contributed by atoms with Crippen LogP contribution in [0.5, 0.6) is 5.75 Å². The third kappa shape index (κ3) is 3.20. The molecule has 2 aliphatic carbocycles. The van der Waals surface area contributed by atoms with E-state index in [1.807, 2.05) is 20.8 Å². The summed E-state index contributed by atoms with van der Waals surface area (Å²) in [5.74, 6) is -0.622. The van der Waals surface area contributed by atoms with E-state index in [0.717, 1.165) is 12.8 Å². The maximum absolute atomic E-state index is 13.2. The van der Waals surface area contributed by atoms with Crippen LogP contribution in [0.25, 0.3) is 11.3 Å². The first kappa shape index (κ1) is 24.1. The molecule has 8 nitrogen and oxygen atoms in total. The number of nitrogens with zero attached hydrogens (tertiary/aromatic N) is 1. The van der Waals surface area contributed by atoms with Crippen LogP contribution in [-0.2, 0) is 9.47 Å².